The molecule has 0 aromatic heterocycles. The van der Waals surface area contributed by atoms with Crippen molar-refractivity contribution in [2.24, 2.45) is 0 Å². The van der Waals surface area contributed by atoms with Crippen molar-refractivity contribution in [2.75, 3.05) is 0 Å². The quantitative estimate of drug-likeness (QED) is 0.729. The smallest absolute Gasteiger partial charge is 0.140 e. The van der Waals surface area contributed by atoms with Gasteiger partial charge < -0.3 is 4.74 Å². The van der Waals surface area contributed by atoms with Gasteiger partial charge in [-0.3, -0.25) is 0 Å². The summed E-state index contributed by atoms with van der Waals surface area (Å²) in [5.41, 5.74) is 0.723. The molecule has 0 saturated heterocycles. The van der Waals surface area contributed by atoms with Crippen molar-refractivity contribution in [3.8, 4) is 11.8 Å². The Morgan fingerprint density at radius 3 is 2.73 bits per heavy atom. The summed E-state index contributed by atoms with van der Waals surface area (Å²) < 4.78 is 5.63. The normalized spacial score (nSPS) is 14.9. The van der Waals surface area contributed by atoms with Crippen molar-refractivity contribution >= 4 is 0 Å². The topological polar surface area (TPSA) is 33.0 Å². The van der Waals surface area contributed by atoms with Gasteiger partial charge in [-0.25, -0.2) is 0 Å². The van der Waals surface area contributed by atoms with E-state index in [1.807, 2.05) is 42.5 Å². The largest absolute Gasteiger partial charge is 0.456 e. The molecule has 0 radical (unpaired) electrons. The van der Waals surface area contributed by atoms with Crippen LogP contribution in [0.15, 0.2) is 53.8 Å². The van der Waals surface area contributed by atoms with Gasteiger partial charge in [0, 0.05) is 0 Å². The van der Waals surface area contributed by atoms with Crippen LogP contribution in [0.2, 0.25) is 0 Å². The number of hydrogen-bond donors (Lipinski definition) is 0. The van der Waals surface area contributed by atoms with Gasteiger partial charge in [0.25, 0.3) is 0 Å². The molecule has 1 aliphatic carbocycles. The molecule has 0 N–H and O–H groups in total. The van der Waals surface area contributed by atoms with E-state index in [1.54, 1.807) is 0 Å². The lowest BCUT2D eigenvalue weighted by Crippen LogP contribution is -2.00. The van der Waals surface area contributed by atoms with E-state index in [1.165, 1.54) is 0 Å². The van der Waals surface area contributed by atoms with Gasteiger partial charge in [0.15, 0.2) is 0 Å². The first-order valence-electron chi connectivity index (χ1n) is 4.93. The van der Waals surface area contributed by atoms with Gasteiger partial charge in [0.05, 0.1) is 11.6 Å². The minimum Gasteiger partial charge on any atom is -0.456 e. The fraction of sp³-hybridized carbons (Fsp3) is 0.154. The van der Waals surface area contributed by atoms with Crippen LogP contribution in [0.5, 0.6) is 5.75 Å². The molecule has 0 aliphatic heterocycles. The Morgan fingerprint density at radius 1 is 1.20 bits per heavy atom. The highest BCUT2D eigenvalue weighted by Gasteiger charge is 2.09. The van der Waals surface area contributed by atoms with Crippen LogP contribution in [0.3, 0.4) is 0 Å². The van der Waals surface area contributed by atoms with E-state index in [2.05, 4.69) is 6.07 Å². The summed E-state index contributed by atoms with van der Waals surface area (Å²) in [5.74, 6) is 1.45. The average Bonchev–Trinajstić information content (AvgIpc) is 2.31. The third-order valence-corrected chi connectivity index (χ3v) is 2.23. The molecule has 2 heteroatoms. The Kier molecular flexibility index (Phi) is 2.85. The molecule has 0 atom stereocenters. The van der Waals surface area contributed by atoms with Gasteiger partial charge in [-0.15, -0.1) is 0 Å². The number of rotatable bonds is 2. The van der Waals surface area contributed by atoms with Gasteiger partial charge in [-0.2, -0.15) is 5.26 Å². The zero-order chi connectivity index (χ0) is 10.5. The lowest BCUT2D eigenvalue weighted by molar-refractivity contribution is 0.435. The van der Waals surface area contributed by atoms with Crippen molar-refractivity contribution in [1.82, 2.24) is 0 Å². The van der Waals surface area contributed by atoms with Gasteiger partial charge in [0.2, 0.25) is 0 Å². The second-order valence-electron chi connectivity index (χ2n) is 3.31. The predicted molar refractivity (Wildman–Crippen MR) is 58.1 cm³/mol. The summed E-state index contributed by atoms with van der Waals surface area (Å²) in [6.45, 7) is 0. The number of ether oxygens (including phenoxy) is 1. The predicted octanol–water partition coefficient (Wildman–Crippen LogP) is 3.19. The average molecular weight is 197 g/mol. The minimum atomic E-state index is 0.676. The maximum absolute atomic E-state index is 8.92. The number of allylic oxidation sites excluding steroid dienone is 3. The lowest BCUT2D eigenvalue weighted by atomic mass is 10.1. The van der Waals surface area contributed by atoms with E-state index >= 15 is 0 Å². The van der Waals surface area contributed by atoms with E-state index in [4.69, 9.17) is 10.00 Å². The molecule has 74 valence electrons. The van der Waals surface area contributed by atoms with Crippen LogP contribution in [0, 0.1) is 11.3 Å². The van der Waals surface area contributed by atoms with Crippen molar-refractivity contribution in [1.29, 1.82) is 5.26 Å². The van der Waals surface area contributed by atoms with Crippen LogP contribution in [-0.4, -0.2) is 0 Å². The standard InChI is InChI=1S/C13H11NO/c14-10-11-6-4-5-9-13(11)15-12-7-2-1-3-8-12/h1-3,5,7-9H,4,6H2. The first kappa shape index (κ1) is 9.54. The van der Waals surface area contributed by atoms with E-state index in [0.29, 0.717) is 5.76 Å². The number of nitriles is 1. The van der Waals surface area contributed by atoms with Crippen LogP contribution in [0.25, 0.3) is 0 Å². The van der Waals surface area contributed by atoms with E-state index < -0.39 is 0 Å². The Hall–Kier alpha value is -2.01. The molecule has 1 aromatic rings. The molecule has 15 heavy (non-hydrogen) atoms. The summed E-state index contributed by atoms with van der Waals surface area (Å²) in [6, 6.07) is 11.7. The summed E-state index contributed by atoms with van der Waals surface area (Å²) in [4.78, 5) is 0. The number of para-hydroxylation sites is 1. The molecule has 0 saturated carbocycles. The first-order chi connectivity index (χ1) is 7.40. The monoisotopic (exact) mass is 197 g/mol. The van der Waals surface area contributed by atoms with Crippen molar-refractivity contribution in [3.63, 3.8) is 0 Å². The fourth-order valence-electron chi connectivity index (χ4n) is 1.46. The maximum atomic E-state index is 8.92. The Labute approximate surface area is 89.1 Å². The second-order valence-corrected chi connectivity index (χ2v) is 3.31. The number of nitrogens with zero attached hydrogens (tertiary/aromatic N) is 1. The van der Waals surface area contributed by atoms with Crippen molar-refractivity contribution < 1.29 is 4.74 Å². The highest BCUT2D eigenvalue weighted by atomic mass is 16.5. The van der Waals surface area contributed by atoms with Gasteiger partial charge in [0.1, 0.15) is 11.5 Å². The number of benzene rings is 1. The Balaban J connectivity index is 2.22. The van der Waals surface area contributed by atoms with Crippen LogP contribution in [0.1, 0.15) is 12.8 Å². The molecular weight excluding hydrogens is 186 g/mol. The van der Waals surface area contributed by atoms with E-state index in [-0.39, 0.29) is 0 Å². The molecule has 0 bridgehead atoms. The minimum absolute atomic E-state index is 0.676. The Bertz CT molecular complexity index is 437. The molecule has 2 rings (SSSR count). The van der Waals surface area contributed by atoms with Gasteiger partial charge in [-0.05, 0) is 31.1 Å². The van der Waals surface area contributed by atoms with Crippen molar-refractivity contribution in [2.45, 2.75) is 12.8 Å². The summed E-state index contributed by atoms with van der Waals surface area (Å²) in [6.07, 6.45) is 5.59. The summed E-state index contributed by atoms with van der Waals surface area (Å²) in [5, 5.41) is 8.92. The van der Waals surface area contributed by atoms with Crippen LogP contribution >= 0.6 is 0 Å². The molecular formula is C13H11NO. The van der Waals surface area contributed by atoms with Crippen LogP contribution in [0.4, 0.5) is 0 Å². The fourth-order valence-corrected chi connectivity index (χ4v) is 1.46. The van der Waals surface area contributed by atoms with E-state index in [9.17, 15) is 0 Å². The third kappa shape index (κ3) is 2.26. The maximum Gasteiger partial charge on any atom is 0.140 e. The molecule has 2 nitrogen and oxygen atoms in total. The third-order valence-electron chi connectivity index (χ3n) is 2.23. The van der Waals surface area contributed by atoms with Gasteiger partial charge in [-0.1, -0.05) is 24.3 Å². The highest BCUT2D eigenvalue weighted by Crippen LogP contribution is 2.22. The van der Waals surface area contributed by atoms with Gasteiger partial charge >= 0.3 is 0 Å². The molecule has 0 unspecified atom stereocenters. The SMILES string of the molecule is N#CC1=C(Oc2ccccc2)C=CCC1. The first-order valence-corrected chi connectivity index (χ1v) is 4.93. The van der Waals surface area contributed by atoms with Crippen molar-refractivity contribution in [3.05, 3.63) is 53.8 Å². The molecule has 0 fully saturated rings. The zero-order valence-corrected chi connectivity index (χ0v) is 8.31. The zero-order valence-electron chi connectivity index (χ0n) is 8.31. The second kappa shape index (κ2) is 4.47. The molecule has 0 heterocycles. The highest BCUT2D eigenvalue weighted by molar-refractivity contribution is 5.37. The molecule has 0 amide bonds. The molecule has 1 aromatic carbocycles. The molecule has 1 aliphatic rings. The van der Waals surface area contributed by atoms with E-state index in [0.717, 1.165) is 24.2 Å². The summed E-state index contributed by atoms with van der Waals surface area (Å²) in [7, 11) is 0. The lowest BCUT2D eigenvalue weighted by Gasteiger charge is -2.11. The summed E-state index contributed by atoms with van der Waals surface area (Å²) >= 11 is 0. The van der Waals surface area contributed by atoms with Crippen LogP contribution < -0.4 is 4.74 Å². The number of hydrogen-bond acceptors (Lipinski definition) is 2. The van der Waals surface area contributed by atoms with Crippen LogP contribution in [-0.2, 0) is 0 Å². The Morgan fingerprint density at radius 2 is 2.00 bits per heavy atom. The molecule has 0 spiro atoms.